The van der Waals surface area contributed by atoms with E-state index >= 15 is 0 Å². The van der Waals surface area contributed by atoms with Crippen LogP contribution in [0.15, 0.2) is 42.5 Å². The average Bonchev–Trinajstić information content (AvgIpc) is 3.56. The molecule has 0 aromatic heterocycles. The van der Waals surface area contributed by atoms with E-state index in [1.165, 1.54) is 12.1 Å². The summed E-state index contributed by atoms with van der Waals surface area (Å²) in [6, 6.07) is 10.8. The Hall–Kier alpha value is -1.98. The van der Waals surface area contributed by atoms with E-state index in [-0.39, 0.29) is 36.6 Å². The van der Waals surface area contributed by atoms with E-state index in [1.807, 2.05) is 12.1 Å². The van der Waals surface area contributed by atoms with Crippen LogP contribution in [-0.4, -0.2) is 22.8 Å². The zero-order chi connectivity index (χ0) is 20.6. The van der Waals surface area contributed by atoms with Gasteiger partial charge in [-0.1, -0.05) is 41.9 Å². The Labute approximate surface area is 174 Å². The summed E-state index contributed by atoms with van der Waals surface area (Å²) in [6.07, 6.45) is 1.82. The van der Waals surface area contributed by atoms with Crippen LogP contribution < -0.4 is 5.32 Å². The van der Waals surface area contributed by atoms with Gasteiger partial charge in [0.2, 0.25) is 0 Å². The Morgan fingerprint density at radius 1 is 1.10 bits per heavy atom. The van der Waals surface area contributed by atoms with Crippen LogP contribution in [0.1, 0.15) is 72.0 Å². The zero-order valence-corrected chi connectivity index (χ0v) is 16.8. The highest BCUT2D eigenvalue weighted by molar-refractivity contribution is 6.31. The SMILES string of the molecule is O=C(NC(c1cccc(F)c1Cl)[C@]1(O)CC[C@@H](F)CC1)c1ccccc1C1CC1. The lowest BCUT2D eigenvalue weighted by molar-refractivity contribution is -0.0445. The molecule has 0 bridgehead atoms. The van der Waals surface area contributed by atoms with E-state index in [2.05, 4.69) is 5.32 Å². The lowest BCUT2D eigenvalue weighted by atomic mass is 9.76. The number of aliphatic hydroxyl groups is 1. The van der Waals surface area contributed by atoms with Crippen molar-refractivity contribution in [1.29, 1.82) is 0 Å². The minimum absolute atomic E-state index is 0.135. The Kier molecular flexibility index (Phi) is 5.63. The number of halogens is 3. The third kappa shape index (κ3) is 4.17. The first-order valence-electron chi connectivity index (χ1n) is 10.1. The fourth-order valence-electron chi connectivity index (χ4n) is 4.28. The fraction of sp³-hybridized carbons (Fsp3) is 0.435. The van der Waals surface area contributed by atoms with Gasteiger partial charge in [0.15, 0.2) is 0 Å². The van der Waals surface area contributed by atoms with Gasteiger partial charge in [0.1, 0.15) is 12.0 Å². The number of carbonyl (C=O) groups is 1. The first-order valence-corrected chi connectivity index (χ1v) is 10.5. The highest BCUT2D eigenvalue weighted by Gasteiger charge is 2.43. The summed E-state index contributed by atoms with van der Waals surface area (Å²) in [5.74, 6) is -0.587. The van der Waals surface area contributed by atoms with Crippen LogP contribution in [0.3, 0.4) is 0 Å². The van der Waals surface area contributed by atoms with Gasteiger partial charge in [-0.15, -0.1) is 0 Å². The monoisotopic (exact) mass is 419 g/mol. The summed E-state index contributed by atoms with van der Waals surface area (Å²) in [5, 5.41) is 14.1. The molecule has 0 spiro atoms. The molecule has 1 unspecified atom stereocenters. The third-order valence-electron chi connectivity index (χ3n) is 6.11. The lowest BCUT2D eigenvalue weighted by Crippen LogP contribution is -2.48. The normalized spacial score (nSPS) is 25.4. The molecule has 154 valence electrons. The van der Waals surface area contributed by atoms with Crippen LogP contribution in [0.4, 0.5) is 8.78 Å². The van der Waals surface area contributed by atoms with Crippen molar-refractivity contribution in [2.45, 2.75) is 62.3 Å². The van der Waals surface area contributed by atoms with E-state index in [4.69, 9.17) is 11.6 Å². The van der Waals surface area contributed by atoms with Gasteiger partial charge < -0.3 is 10.4 Å². The Bertz CT molecular complexity index is 908. The van der Waals surface area contributed by atoms with Crippen LogP contribution in [-0.2, 0) is 0 Å². The maximum Gasteiger partial charge on any atom is 0.252 e. The first kappa shape index (κ1) is 20.3. The van der Waals surface area contributed by atoms with Crippen LogP contribution in [0.25, 0.3) is 0 Å². The number of hydrogen-bond donors (Lipinski definition) is 2. The third-order valence-corrected chi connectivity index (χ3v) is 6.51. The summed E-state index contributed by atoms with van der Waals surface area (Å²) in [6.45, 7) is 0. The van der Waals surface area contributed by atoms with Crippen molar-refractivity contribution < 1.29 is 18.7 Å². The summed E-state index contributed by atoms with van der Waals surface area (Å²) >= 11 is 6.21. The molecule has 1 atom stereocenters. The van der Waals surface area contributed by atoms with Crippen molar-refractivity contribution in [1.82, 2.24) is 5.32 Å². The van der Waals surface area contributed by atoms with Crippen molar-refractivity contribution in [2.24, 2.45) is 0 Å². The van der Waals surface area contributed by atoms with Gasteiger partial charge >= 0.3 is 0 Å². The summed E-state index contributed by atoms with van der Waals surface area (Å²) < 4.78 is 27.9. The van der Waals surface area contributed by atoms with E-state index < -0.39 is 23.6 Å². The van der Waals surface area contributed by atoms with Crippen molar-refractivity contribution in [3.8, 4) is 0 Å². The van der Waals surface area contributed by atoms with Crippen LogP contribution in [0, 0.1) is 5.82 Å². The fourth-order valence-corrected chi connectivity index (χ4v) is 4.51. The average molecular weight is 420 g/mol. The Balaban J connectivity index is 1.69. The predicted molar refractivity (Wildman–Crippen MR) is 108 cm³/mol. The van der Waals surface area contributed by atoms with Gasteiger partial charge in [0.25, 0.3) is 5.91 Å². The molecule has 29 heavy (non-hydrogen) atoms. The molecule has 2 N–H and O–H groups in total. The number of rotatable bonds is 5. The maximum absolute atomic E-state index is 14.1. The molecule has 4 rings (SSSR count). The smallest absolute Gasteiger partial charge is 0.252 e. The Morgan fingerprint density at radius 2 is 1.79 bits per heavy atom. The molecule has 6 heteroatoms. The van der Waals surface area contributed by atoms with E-state index in [9.17, 15) is 18.7 Å². The number of alkyl halides is 1. The second kappa shape index (κ2) is 8.04. The largest absolute Gasteiger partial charge is 0.387 e. The Morgan fingerprint density at radius 3 is 2.48 bits per heavy atom. The number of carbonyl (C=O) groups excluding carboxylic acids is 1. The van der Waals surface area contributed by atoms with Gasteiger partial charge in [-0.05, 0) is 67.7 Å². The summed E-state index contributed by atoms with van der Waals surface area (Å²) in [5.41, 5.74) is 0.442. The van der Waals surface area contributed by atoms with Gasteiger partial charge in [0.05, 0.1) is 16.7 Å². The van der Waals surface area contributed by atoms with Gasteiger partial charge in [-0.2, -0.15) is 0 Å². The molecule has 2 aliphatic rings. The standard InChI is InChI=1S/C23H24ClF2NO2/c24-20-18(6-3-7-19(20)26)21(23(29)12-10-15(25)11-13-23)27-22(28)17-5-2-1-4-16(17)14-8-9-14/h1-7,14-15,21,29H,8-13H2,(H,27,28)/t15-,21?,23+. The van der Waals surface area contributed by atoms with E-state index in [1.54, 1.807) is 18.2 Å². The van der Waals surface area contributed by atoms with Crippen molar-refractivity contribution in [2.75, 3.05) is 0 Å². The molecule has 0 radical (unpaired) electrons. The molecule has 2 fully saturated rings. The van der Waals surface area contributed by atoms with Crippen LogP contribution in [0.5, 0.6) is 0 Å². The highest BCUT2D eigenvalue weighted by Crippen LogP contribution is 2.44. The molecule has 0 heterocycles. The predicted octanol–water partition coefficient (Wildman–Crippen LogP) is 5.47. The molecule has 0 aliphatic heterocycles. The van der Waals surface area contributed by atoms with E-state index in [0.717, 1.165) is 18.4 Å². The van der Waals surface area contributed by atoms with Crippen molar-refractivity contribution >= 4 is 17.5 Å². The maximum atomic E-state index is 14.1. The molecule has 2 aliphatic carbocycles. The second-order valence-corrected chi connectivity index (χ2v) is 8.57. The van der Waals surface area contributed by atoms with Gasteiger partial charge in [-0.3, -0.25) is 4.79 Å². The molecule has 2 aromatic rings. The molecular weight excluding hydrogens is 396 g/mol. The molecule has 1 amide bonds. The van der Waals surface area contributed by atoms with Crippen LogP contribution in [0.2, 0.25) is 5.02 Å². The molecule has 3 nitrogen and oxygen atoms in total. The molecule has 0 saturated heterocycles. The molecule has 2 aromatic carbocycles. The lowest BCUT2D eigenvalue weighted by Gasteiger charge is -2.41. The summed E-state index contributed by atoms with van der Waals surface area (Å²) in [4.78, 5) is 13.2. The number of amides is 1. The highest BCUT2D eigenvalue weighted by atomic mass is 35.5. The zero-order valence-electron chi connectivity index (χ0n) is 16.0. The topological polar surface area (TPSA) is 49.3 Å². The number of nitrogens with one attached hydrogen (secondary N) is 1. The minimum atomic E-state index is -1.40. The first-order chi connectivity index (χ1) is 13.9. The number of hydrogen-bond acceptors (Lipinski definition) is 2. The second-order valence-electron chi connectivity index (χ2n) is 8.19. The van der Waals surface area contributed by atoms with Crippen LogP contribution >= 0.6 is 11.6 Å². The van der Waals surface area contributed by atoms with Gasteiger partial charge in [0, 0.05) is 5.56 Å². The minimum Gasteiger partial charge on any atom is -0.387 e. The van der Waals surface area contributed by atoms with E-state index in [0.29, 0.717) is 17.0 Å². The summed E-state index contributed by atoms with van der Waals surface area (Å²) in [7, 11) is 0. The quantitative estimate of drug-likeness (QED) is 0.675. The number of benzene rings is 2. The molecular formula is C23H24ClF2NO2. The van der Waals surface area contributed by atoms with Gasteiger partial charge in [-0.25, -0.2) is 8.78 Å². The van der Waals surface area contributed by atoms with Crippen molar-refractivity contribution in [3.05, 3.63) is 70.0 Å². The molecule has 2 saturated carbocycles. The van der Waals surface area contributed by atoms with Crippen molar-refractivity contribution in [3.63, 3.8) is 0 Å².